The van der Waals surface area contributed by atoms with Crippen LogP contribution in [0.1, 0.15) is 32.6 Å². The Balaban J connectivity index is 1.53. The van der Waals surface area contributed by atoms with E-state index in [0.717, 1.165) is 31.0 Å². The normalized spacial score (nSPS) is 18.6. The standard InChI is InChI=1S/C17H20F3N5O3/c1-2-3-6-25-17(22-23-24-25)21-15(26)10-7-12(8-10)27-14-9-11(18)4-5-13(14)28-16(19)20/h4-5,9-10,12,16H,2-3,6-8H2,1H3,(H,21,22,24,26)/t10-,12-. The van der Waals surface area contributed by atoms with Crippen LogP contribution in [0, 0.1) is 11.7 Å². The molecular weight excluding hydrogens is 379 g/mol. The molecule has 1 saturated carbocycles. The van der Waals surface area contributed by atoms with Crippen molar-refractivity contribution in [3.8, 4) is 11.5 Å². The van der Waals surface area contributed by atoms with Crippen LogP contribution in [0.15, 0.2) is 18.2 Å². The van der Waals surface area contributed by atoms with Crippen molar-refractivity contribution in [3.63, 3.8) is 0 Å². The van der Waals surface area contributed by atoms with Crippen molar-refractivity contribution in [2.45, 2.75) is 51.9 Å². The Morgan fingerprint density at radius 1 is 1.36 bits per heavy atom. The monoisotopic (exact) mass is 399 g/mol. The van der Waals surface area contributed by atoms with E-state index in [2.05, 4.69) is 25.6 Å². The molecule has 8 nitrogen and oxygen atoms in total. The minimum Gasteiger partial charge on any atom is -0.486 e. The highest BCUT2D eigenvalue weighted by Crippen LogP contribution is 2.36. The van der Waals surface area contributed by atoms with E-state index in [9.17, 15) is 18.0 Å². The number of benzene rings is 1. The van der Waals surface area contributed by atoms with Crippen molar-refractivity contribution in [1.82, 2.24) is 20.2 Å². The van der Waals surface area contributed by atoms with E-state index in [1.807, 2.05) is 6.92 Å². The number of unbranched alkanes of at least 4 members (excludes halogenated alkanes) is 1. The highest BCUT2D eigenvalue weighted by molar-refractivity contribution is 5.91. The number of ether oxygens (including phenoxy) is 2. The van der Waals surface area contributed by atoms with Crippen molar-refractivity contribution in [2.24, 2.45) is 5.92 Å². The fourth-order valence-electron chi connectivity index (χ4n) is 2.79. The molecule has 28 heavy (non-hydrogen) atoms. The molecule has 1 heterocycles. The molecule has 152 valence electrons. The number of carbonyl (C=O) groups is 1. The lowest BCUT2D eigenvalue weighted by Crippen LogP contribution is -2.41. The zero-order chi connectivity index (χ0) is 20.1. The number of amides is 1. The number of halogens is 3. The second-order valence-electron chi connectivity index (χ2n) is 6.45. The number of nitrogens with one attached hydrogen (secondary N) is 1. The average molecular weight is 399 g/mol. The lowest BCUT2D eigenvalue weighted by Gasteiger charge is -2.34. The number of tetrazole rings is 1. The van der Waals surface area contributed by atoms with Crippen molar-refractivity contribution < 1.29 is 27.4 Å². The number of rotatable bonds is 9. The zero-order valence-electron chi connectivity index (χ0n) is 15.1. The van der Waals surface area contributed by atoms with Crippen LogP contribution in [0.2, 0.25) is 0 Å². The molecule has 0 saturated heterocycles. The van der Waals surface area contributed by atoms with Crippen LogP contribution in [-0.4, -0.2) is 38.8 Å². The maximum atomic E-state index is 13.4. The van der Waals surface area contributed by atoms with Crippen LogP contribution in [-0.2, 0) is 11.3 Å². The molecule has 3 rings (SSSR count). The Bertz CT molecular complexity index is 811. The molecule has 1 aliphatic rings. The van der Waals surface area contributed by atoms with Gasteiger partial charge < -0.3 is 9.47 Å². The summed E-state index contributed by atoms with van der Waals surface area (Å²) in [4.78, 5) is 12.3. The molecule has 1 N–H and O–H groups in total. The molecule has 1 amide bonds. The number of hydrogen-bond donors (Lipinski definition) is 1. The molecule has 11 heteroatoms. The molecule has 1 aromatic heterocycles. The maximum Gasteiger partial charge on any atom is 0.387 e. The molecule has 0 atom stereocenters. The van der Waals surface area contributed by atoms with Gasteiger partial charge in [-0.15, -0.1) is 0 Å². The van der Waals surface area contributed by atoms with Crippen LogP contribution in [0.4, 0.5) is 19.1 Å². The van der Waals surface area contributed by atoms with Gasteiger partial charge in [-0.05, 0) is 41.8 Å². The third kappa shape index (κ3) is 4.90. The lowest BCUT2D eigenvalue weighted by atomic mass is 9.81. The average Bonchev–Trinajstić information content (AvgIpc) is 3.04. The largest absolute Gasteiger partial charge is 0.486 e. The molecule has 2 aromatic rings. The summed E-state index contributed by atoms with van der Waals surface area (Å²) in [6.45, 7) is -0.415. The summed E-state index contributed by atoms with van der Waals surface area (Å²) in [5.74, 6) is -1.32. The van der Waals surface area contributed by atoms with Gasteiger partial charge in [-0.1, -0.05) is 18.4 Å². The fraction of sp³-hybridized carbons (Fsp3) is 0.529. The second kappa shape index (κ2) is 8.89. The van der Waals surface area contributed by atoms with Crippen LogP contribution < -0.4 is 14.8 Å². The van der Waals surface area contributed by atoms with E-state index in [1.165, 1.54) is 4.68 Å². The topological polar surface area (TPSA) is 91.2 Å². The van der Waals surface area contributed by atoms with E-state index < -0.39 is 18.5 Å². The Labute approximate surface area is 159 Å². The number of alkyl halides is 2. The van der Waals surface area contributed by atoms with Crippen molar-refractivity contribution >= 4 is 11.9 Å². The first-order valence-corrected chi connectivity index (χ1v) is 8.94. The van der Waals surface area contributed by atoms with Gasteiger partial charge in [-0.3, -0.25) is 10.1 Å². The number of carbonyl (C=O) groups excluding carboxylic acids is 1. The van der Waals surface area contributed by atoms with Gasteiger partial charge in [0.15, 0.2) is 11.5 Å². The van der Waals surface area contributed by atoms with Crippen LogP contribution >= 0.6 is 0 Å². The predicted molar refractivity (Wildman–Crippen MR) is 91.5 cm³/mol. The van der Waals surface area contributed by atoms with E-state index in [1.54, 1.807) is 0 Å². The van der Waals surface area contributed by atoms with Gasteiger partial charge in [-0.2, -0.15) is 8.78 Å². The third-order valence-electron chi connectivity index (χ3n) is 4.37. The van der Waals surface area contributed by atoms with Gasteiger partial charge in [0, 0.05) is 18.5 Å². The van der Waals surface area contributed by atoms with Gasteiger partial charge in [0.25, 0.3) is 0 Å². The smallest absolute Gasteiger partial charge is 0.387 e. The van der Waals surface area contributed by atoms with Gasteiger partial charge in [-0.25, -0.2) is 9.07 Å². The molecule has 0 aliphatic heterocycles. The minimum absolute atomic E-state index is 0.118. The zero-order valence-corrected chi connectivity index (χ0v) is 15.1. The summed E-state index contributed by atoms with van der Waals surface area (Å²) in [5.41, 5.74) is 0. The summed E-state index contributed by atoms with van der Waals surface area (Å²) >= 11 is 0. The van der Waals surface area contributed by atoms with Gasteiger partial charge in [0.05, 0.1) is 0 Å². The molecule has 1 aromatic carbocycles. The molecule has 0 bridgehead atoms. The fourth-order valence-corrected chi connectivity index (χ4v) is 2.79. The Morgan fingerprint density at radius 3 is 2.86 bits per heavy atom. The summed E-state index contributed by atoms with van der Waals surface area (Å²) in [5, 5.41) is 13.9. The second-order valence-corrected chi connectivity index (χ2v) is 6.45. The van der Waals surface area contributed by atoms with E-state index in [0.29, 0.717) is 19.4 Å². The minimum atomic E-state index is -3.05. The number of anilines is 1. The first kappa shape index (κ1) is 19.9. The van der Waals surface area contributed by atoms with Crippen LogP contribution in [0.5, 0.6) is 11.5 Å². The lowest BCUT2D eigenvalue weighted by molar-refractivity contribution is -0.125. The van der Waals surface area contributed by atoms with Crippen molar-refractivity contribution in [2.75, 3.05) is 5.32 Å². The maximum absolute atomic E-state index is 13.4. The van der Waals surface area contributed by atoms with E-state index >= 15 is 0 Å². The van der Waals surface area contributed by atoms with Crippen LogP contribution in [0.25, 0.3) is 0 Å². The number of aromatic nitrogens is 4. The molecule has 0 spiro atoms. The molecule has 1 aliphatic carbocycles. The highest BCUT2D eigenvalue weighted by atomic mass is 19.3. The molecule has 1 fully saturated rings. The first-order chi connectivity index (χ1) is 13.5. The Morgan fingerprint density at radius 2 is 2.14 bits per heavy atom. The van der Waals surface area contributed by atoms with Crippen molar-refractivity contribution in [1.29, 1.82) is 0 Å². The Hall–Kier alpha value is -2.85. The SMILES string of the molecule is CCCCn1nnnc1NC(=O)[C@H]1C[C@H](Oc2cc(F)ccc2OC(F)F)C1. The quantitative estimate of drug-likeness (QED) is 0.697. The summed E-state index contributed by atoms with van der Waals surface area (Å²) in [6.07, 6.45) is 2.14. The molecular formula is C17H20F3N5O3. The number of nitrogens with zero attached hydrogens (tertiary/aromatic N) is 4. The molecule has 0 unspecified atom stereocenters. The van der Waals surface area contributed by atoms with Gasteiger partial charge >= 0.3 is 6.61 Å². The molecule has 0 radical (unpaired) electrons. The van der Waals surface area contributed by atoms with Gasteiger partial charge in [0.1, 0.15) is 11.9 Å². The van der Waals surface area contributed by atoms with Gasteiger partial charge in [0.2, 0.25) is 11.9 Å². The van der Waals surface area contributed by atoms with Crippen LogP contribution in [0.3, 0.4) is 0 Å². The predicted octanol–water partition coefficient (Wildman–Crippen LogP) is 3.01. The highest BCUT2D eigenvalue weighted by Gasteiger charge is 2.37. The Kier molecular flexibility index (Phi) is 6.32. The third-order valence-corrected chi connectivity index (χ3v) is 4.37. The summed E-state index contributed by atoms with van der Waals surface area (Å²) in [7, 11) is 0. The summed E-state index contributed by atoms with van der Waals surface area (Å²) < 4.78 is 49.7. The van der Waals surface area contributed by atoms with E-state index in [-0.39, 0.29) is 29.3 Å². The summed E-state index contributed by atoms with van der Waals surface area (Å²) in [6, 6.07) is 3.06. The first-order valence-electron chi connectivity index (χ1n) is 8.94. The van der Waals surface area contributed by atoms with E-state index in [4.69, 9.17) is 4.74 Å². The van der Waals surface area contributed by atoms with Crippen molar-refractivity contribution in [3.05, 3.63) is 24.0 Å². The number of hydrogen-bond acceptors (Lipinski definition) is 6. The number of aryl methyl sites for hydroxylation is 1.